The number of phenolic OH excluding ortho intramolecular Hbond substituents is 1. The number of pyridine rings is 1. The van der Waals surface area contributed by atoms with Gasteiger partial charge in [-0.3, -0.25) is 0 Å². The van der Waals surface area contributed by atoms with Gasteiger partial charge in [0.1, 0.15) is 11.6 Å². The fourth-order valence-electron chi connectivity index (χ4n) is 3.40. The summed E-state index contributed by atoms with van der Waals surface area (Å²) in [6.45, 7) is 1.59. The fourth-order valence-corrected chi connectivity index (χ4v) is 3.40. The summed E-state index contributed by atoms with van der Waals surface area (Å²) in [5.74, 6) is 0.303. The van der Waals surface area contributed by atoms with Crippen molar-refractivity contribution in [3.63, 3.8) is 0 Å². The Hall–Kier alpha value is -2.60. The number of halogens is 1. The Labute approximate surface area is 145 Å². The molecule has 2 N–H and O–H groups in total. The number of anilines is 1. The fraction of sp³-hybridized carbons (Fsp3) is 0.316. The molecule has 0 spiro atoms. The predicted molar refractivity (Wildman–Crippen MR) is 95.4 cm³/mol. The lowest BCUT2D eigenvalue weighted by molar-refractivity contribution is 0.0891. The smallest absolute Gasteiger partial charge is 0.224 e. The van der Waals surface area contributed by atoms with Gasteiger partial charge in [-0.05, 0) is 43.2 Å². The molecule has 130 valence electrons. The van der Waals surface area contributed by atoms with Gasteiger partial charge in [0.05, 0.1) is 17.4 Å². The molecule has 0 saturated carbocycles. The van der Waals surface area contributed by atoms with Crippen molar-refractivity contribution in [2.75, 3.05) is 25.1 Å². The molecule has 3 heterocycles. The molecule has 1 aromatic carbocycles. The Morgan fingerprint density at radius 1 is 1.28 bits per heavy atom. The summed E-state index contributed by atoms with van der Waals surface area (Å²) in [4.78, 5) is 9.36. The molecule has 1 aliphatic heterocycles. The number of nitrogens with one attached hydrogen (secondary N) is 1. The Kier molecular flexibility index (Phi) is 4.05. The molecule has 5 nitrogen and oxygen atoms in total. The van der Waals surface area contributed by atoms with Crippen LogP contribution in [0.5, 0.6) is 5.75 Å². The number of hydrogen-bond donors (Lipinski definition) is 2. The molecule has 2 aromatic heterocycles. The van der Waals surface area contributed by atoms with Crippen LogP contribution in [-0.2, 0) is 4.74 Å². The lowest BCUT2D eigenvalue weighted by Crippen LogP contribution is -2.39. The minimum atomic E-state index is -0.507. The number of hydrogen-bond acceptors (Lipinski definition) is 4. The first kappa shape index (κ1) is 15.9. The van der Waals surface area contributed by atoms with Gasteiger partial charge in [-0.25, -0.2) is 4.98 Å². The van der Waals surface area contributed by atoms with Gasteiger partial charge in [0.2, 0.25) is 5.95 Å². The first-order chi connectivity index (χ1) is 12.1. The van der Waals surface area contributed by atoms with Crippen molar-refractivity contribution in [3.05, 3.63) is 42.3 Å². The van der Waals surface area contributed by atoms with E-state index >= 15 is 0 Å². The van der Waals surface area contributed by atoms with Crippen LogP contribution < -0.4 is 4.90 Å². The maximum atomic E-state index is 14.6. The van der Waals surface area contributed by atoms with E-state index in [0.717, 1.165) is 36.8 Å². The number of nitrogens with zero attached hydrogens (tertiary/aromatic N) is 2. The average molecular weight is 341 g/mol. The molecule has 0 unspecified atom stereocenters. The molecule has 25 heavy (non-hydrogen) atoms. The number of benzene rings is 1. The van der Waals surface area contributed by atoms with E-state index in [-0.39, 0.29) is 11.9 Å². The molecule has 0 bridgehead atoms. The third kappa shape index (κ3) is 3.05. The molecule has 3 aromatic rings. The quantitative estimate of drug-likeness (QED) is 0.713. The molecular formula is C19H20FN3O2. The van der Waals surface area contributed by atoms with E-state index in [0.29, 0.717) is 17.1 Å². The van der Waals surface area contributed by atoms with Crippen LogP contribution in [0.15, 0.2) is 36.4 Å². The van der Waals surface area contributed by atoms with Gasteiger partial charge in [0.25, 0.3) is 0 Å². The van der Waals surface area contributed by atoms with Crippen LogP contribution in [0, 0.1) is 5.95 Å². The van der Waals surface area contributed by atoms with E-state index in [9.17, 15) is 9.50 Å². The minimum Gasteiger partial charge on any atom is -0.508 e. The van der Waals surface area contributed by atoms with E-state index in [2.05, 4.69) is 14.9 Å². The van der Waals surface area contributed by atoms with Crippen LogP contribution in [0.25, 0.3) is 22.2 Å². The molecule has 6 heteroatoms. The lowest BCUT2D eigenvalue weighted by Gasteiger charge is -2.32. The van der Waals surface area contributed by atoms with Crippen LogP contribution in [0.3, 0.4) is 0 Å². The number of H-pyrrole nitrogens is 1. The molecule has 0 amide bonds. The summed E-state index contributed by atoms with van der Waals surface area (Å²) in [5, 5.41) is 10.5. The zero-order valence-corrected chi connectivity index (χ0v) is 14.0. The molecule has 1 fully saturated rings. The first-order valence-electron chi connectivity index (χ1n) is 8.40. The van der Waals surface area contributed by atoms with Crippen LogP contribution in [0.4, 0.5) is 10.2 Å². The van der Waals surface area contributed by atoms with Gasteiger partial charge >= 0.3 is 0 Å². The standard InChI is InChI=1S/C19H20FN3O2/c1-25-14-3-2-8-23(11-14)18-7-6-15(19(20)22-18)17-9-12-4-5-13(24)10-16(12)21-17/h4-7,9-10,14,21,24H,2-3,8,11H2,1H3/t14-/m0/s1. The van der Waals surface area contributed by atoms with Crippen molar-refractivity contribution in [3.8, 4) is 17.0 Å². The number of aromatic amines is 1. The molecule has 0 radical (unpaired) electrons. The number of aromatic hydroxyl groups is 1. The number of aromatic nitrogens is 2. The zero-order chi connectivity index (χ0) is 17.4. The summed E-state index contributed by atoms with van der Waals surface area (Å²) in [5.41, 5.74) is 1.82. The van der Waals surface area contributed by atoms with E-state index in [1.807, 2.05) is 12.1 Å². The number of methoxy groups -OCH3 is 1. The first-order valence-corrected chi connectivity index (χ1v) is 8.40. The van der Waals surface area contributed by atoms with Crippen LogP contribution in [0.2, 0.25) is 0 Å². The summed E-state index contributed by atoms with van der Waals surface area (Å²) in [6.07, 6.45) is 2.20. The van der Waals surface area contributed by atoms with E-state index < -0.39 is 5.95 Å². The Morgan fingerprint density at radius 2 is 2.16 bits per heavy atom. The third-order valence-corrected chi connectivity index (χ3v) is 4.77. The normalized spacial score (nSPS) is 18.0. The van der Waals surface area contributed by atoms with Crippen LogP contribution in [0.1, 0.15) is 12.8 Å². The van der Waals surface area contributed by atoms with Gasteiger partial charge in [0.15, 0.2) is 0 Å². The van der Waals surface area contributed by atoms with Gasteiger partial charge in [0, 0.05) is 37.2 Å². The summed E-state index contributed by atoms with van der Waals surface area (Å²) in [6, 6.07) is 10.5. The van der Waals surface area contributed by atoms with Gasteiger partial charge in [-0.1, -0.05) is 0 Å². The van der Waals surface area contributed by atoms with Crippen molar-refractivity contribution in [2.45, 2.75) is 18.9 Å². The summed E-state index contributed by atoms with van der Waals surface area (Å²) < 4.78 is 20.1. The number of ether oxygens (including phenoxy) is 1. The highest BCUT2D eigenvalue weighted by atomic mass is 19.1. The molecule has 1 saturated heterocycles. The number of fused-ring (bicyclic) bond motifs is 1. The number of phenols is 1. The molecule has 4 rings (SSSR count). The zero-order valence-electron chi connectivity index (χ0n) is 14.0. The summed E-state index contributed by atoms with van der Waals surface area (Å²) in [7, 11) is 1.71. The van der Waals surface area contributed by atoms with Gasteiger partial charge in [-0.2, -0.15) is 4.39 Å². The van der Waals surface area contributed by atoms with Gasteiger partial charge in [-0.15, -0.1) is 0 Å². The Morgan fingerprint density at radius 3 is 2.96 bits per heavy atom. The Bertz CT molecular complexity index is 909. The second-order valence-electron chi connectivity index (χ2n) is 6.41. The number of rotatable bonds is 3. The average Bonchev–Trinajstić information content (AvgIpc) is 3.04. The molecular weight excluding hydrogens is 321 g/mol. The second-order valence-corrected chi connectivity index (χ2v) is 6.41. The highest BCUT2D eigenvalue weighted by molar-refractivity contribution is 5.86. The van der Waals surface area contributed by atoms with Crippen molar-refractivity contribution in [1.29, 1.82) is 0 Å². The van der Waals surface area contributed by atoms with E-state index in [1.54, 1.807) is 31.4 Å². The van der Waals surface area contributed by atoms with Crippen molar-refractivity contribution >= 4 is 16.7 Å². The summed E-state index contributed by atoms with van der Waals surface area (Å²) >= 11 is 0. The largest absolute Gasteiger partial charge is 0.508 e. The van der Waals surface area contributed by atoms with Crippen LogP contribution in [-0.4, -0.2) is 41.4 Å². The van der Waals surface area contributed by atoms with Crippen LogP contribution >= 0.6 is 0 Å². The second kappa shape index (κ2) is 6.37. The highest BCUT2D eigenvalue weighted by Gasteiger charge is 2.21. The third-order valence-electron chi connectivity index (χ3n) is 4.77. The van der Waals surface area contributed by atoms with E-state index in [4.69, 9.17) is 4.74 Å². The maximum absolute atomic E-state index is 14.6. The predicted octanol–water partition coefficient (Wildman–Crippen LogP) is 3.69. The SMILES string of the molecule is CO[C@H]1CCCN(c2ccc(-c3cc4ccc(O)cc4[nH]3)c(F)n2)C1. The lowest BCUT2D eigenvalue weighted by atomic mass is 10.1. The van der Waals surface area contributed by atoms with Crippen molar-refractivity contribution < 1.29 is 14.2 Å². The monoisotopic (exact) mass is 341 g/mol. The van der Waals surface area contributed by atoms with Crippen molar-refractivity contribution in [1.82, 2.24) is 9.97 Å². The topological polar surface area (TPSA) is 61.4 Å². The minimum absolute atomic E-state index is 0.166. The highest BCUT2D eigenvalue weighted by Crippen LogP contribution is 2.29. The Balaban J connectivity index is 1.64. The number of piperidine rings is 1. The molecule has 0 aliphatic carbocycles. The van der Waals surface area contributed by atoms with Gasteiger partial charge < -0.3 is 19.7 Å². The van der Waals surface area contributed by atoms with E-state index in [1.165, 1.54) is 0 Å². The molecule has 1 aliphatic rings. The molecule has 1 atom stereocenters. The maximum Gasteiger partial charge on any atom is 0.224 e. The van der Waals surface area contributed by atoms with Crippen molar-refractivity contribution in [2.24, 2.45) is 0 Å².